The molecule has 0 spiro atoms. The highest BCUT2D eigenvalue weighted by atomic mass is 14.7. The molecule has 138 valence electrons. The van der Waals surface area contributed by atoms with Crippen LogP contribution in [0.2, 0.25) is 0 Å². The zero-order valence-corrected chi connectivity index (χ0v) is 16.5. The highest BCUT2D eigenvalue weighted by Gasteiger charge is 2.34. The van der Waals surface area contributed by atoms with Crippen molar-refractivity contribution in [2.24, 2.45) is 0 Å². The van der Waals surface area contributed by atoms with E-state index in [0.717, 1.165) is 11.1 Å². The molecule has 3 aromatic carbocycles. The summed E-state index contributed by atoms with van der Waals surface area (Å²) in [5.41, 5.74) is 7.36. The minimum Gasteiger partial charge on any atom is -0.264 e. The second-order valence-electron chi connectivity index (χ2n) is 8.39. The van der Waals surface area contributed by atoms with E-state index in [1.54, 1.807) is 0 Å². The predicted molar refractivity (Wildman–Crippen MR) is 120 cm³/mol. The normalized spacial score (nSPS) is 14.1. The van der Waals surface area contributed by atoms with Gasteiger partial charge in [0.15, 0.2) is 0 Å². The van der Waals surface area contributed by atoms with Crippen molar-refractivity contribution in [3.8, 4) is 22.4 Å². The number of pyridine rings is 2. The van der Waals surface area contributed by atoms with Crippen LogP contribution >= 0.6 is 0 Å². The predicted octanol–water partition coefficient (Wildman–Crippen LogP) is 6.76. The van der Waals surface area contributed by atoms with Gasteiger partial charge >= 0.3 is 0 Å². The van der Waals surface area contributed by atoms with E-state index in [-0.39, 0.29) is 5.41 Å². The number of hydrogen-bond acceptors (Lipinski definition) is 2. The monoisotopic (exact) mass is 372 g/mol. The average Bonchev–Trinajstić information content (AvgIpc) is 2.77. The molecule has 1 aliphatic rings. The van der Waals surface area contributed by atoms with Gasteiger partial charge in [-0.15, -0.1) is 0 Å². The Hall–Kier alpha value is -3.52. The van der Waals surface area contributed by atoms with Crippen molar-refractivity contribution in [2.45, 2.75) is 19.3 Å². The zero-order valence-electron chi connectivity index (χ0n) is 16.5. The van der Waals surface area contributed by atoms with Gasteiger partial charge in [0.05, 0.1) is 5.69 Å². The molecule has 2 heterocycles. The third kappa shape index (κ3) is 2.29. The van der Waals surface area contributed by atoms with Crippen LogP contribution in [-0.2, 0) is 5.41 Å². The average molecular weight is 372 g/mol. The van der Waals surface area contributed by atoms with Crippen LogP contribution in [0, 0.1) is 0 Å². The minimum absolute atomic E-state index is 0.119. The molecule has 0 saturated carbocycles. The summed E-state index contributed by atoms with van der Waals surface area (Å²) in [5, 5.41) is 4.90. The van der Waals surface area contributed by atoms with Gasteiger partial charge in [-0.3, -0.25) is 9.97 Å². The molecule has 0 atom stereocenters. The topological polar surface area (TPSA) is 25.8 Å². The molecule has 0 amide bonds. The van der Waals surface area contributed by atoms with Gasteiger partial charge < -0.3 is 0 Å². The summed E-state index contributed by atoms with van der Waals surface area (Å²) in [6.07, 6.45) is 5.74. The smallest absolute Gasteiger partial charge is 0.0786 e. The Morgan fingerprint density at radius 3 is 2.38 bits per heavy atom. The Balaban J connectivity index is 1.74. The Bertz CT molecular complexity index is 1420. The molecule has 2 aromatic heterocycles. The van der Waals surface area contributed by atoms with Crippen molar-refractivity contribution < 1.29 is 0 Å². The number of rotatable bonds is 1. The lowest BCUT2D eigenvalue weighted by molar-refractivity contribution is 0.645. The molecular formula is C27H20N2. The molecule has 0 radical (unpaired) electrons. The summed E-state index contributed by atoms with van der Waals surface area (Å²) in [4.78, 5) is 9.15. The van der Waals surface area contributed by atoms with Crippen molar-refractivity contribution in [3.05, 3.63) is 96.4 Å². The fourth-order valence-corrected chi connectivity index (χ4v) is 4.81. The van der Waals surface area contributed by atoms with Gasteiger partial charge in [0.1, 0.15) is 0 Å². The number of nitrogens with zero attached hydrogens (tertiary/aromatic N) is 2. The van der Waals surface area contributed by atoms with Crippen LogP contribution < -0.4 is 0 Å². The molecule has 1 aliphatic carbocycles. The summed E-state index contributed by atoms with van der Waals surface area (Å²) < 4.78 is 0. The fraction of sp³-hybridized carbons (Fsp3) is 0.111. The van der Waals surface area contributed by atoms with Crippen LogP contribution in [0.3, 0.4) is 0 Å². The van der Waals surface area contributed by atoms with E-state index in [2.05, 4.69) is 85.6 Å². The Morgan fingerprint density at radius 2 is 1.52 bits per heavy atom. The van der Waals surface area contributed by atoms with Crippen molar-refractivity contribution in [1.82, 2.24) is 9.97 Å². The third-order valence-electron chi connectivity index (χ3n) is 6.35. The van der Waals surface area contributed by atoms with Gasteiger partial charge in [0, 0.05) is 40.3 Å². The largest absolute Gasteiger partial charge is 0.264 e. The van der Waals surface area contributed by atoms with Crippen LogP contribution in [0.4, 0.5) is 0 Å². The summed E-state index contributed by atoms with van der Waals surface area (Å²) in [5.74, 6) is 0. The van der Waals surface area contributed by atoms with Crippen LogP contribution in [0.5, 0.6) is 0 Å². The Morgan fingerprint density at radius 1 is 0.690 bits per heavy atom. The molecule has 6 rings (SSSR count). The Labute approximate surface area is 169 Å². The van der Waals surface area contributed by atoms with Gasteiger partial charge in [0.25, 0.3) is 0 Å². The lowest BCUT2D eigenvalue weighted by Crippen LogP contribution is -2.24. The quantitative estimate of drug-likeness (QED) is 0.325. The van der Waals surface area contributed by atoms with Gasteiger partial charge in [-0.1, -0.05) is 44.2 Å². The van der Waals surface area contributed by atoms with E-state index in [1.807, 2.05) is 18.6 Å². The van der Waals surface area contributed by atoms with E-state index in [4.69, 9.17) is 4.98 Å². The van der Waals surface area contributed by atoms with Gasteiger partial charge in [-0.2, -0.15) is 0 Å². The summed E-state index contributed by atoms with van der Waals surface area (Å²) in [7, 11) is 0. The lowest BCUT2D eigenvalue weighted by atomic mass is 9.68. The second-order valence-corrected chi connectivity index (χ2v) is 8.39. The zero-order chi connectivity index (χ0) is 19.6. The molecule has 0 fully saturated rings. The SMILES string of the molecule is CC1(C)c2cc3ccncc3cc2-c2nccc3cc(-c4ccccc4)cc1c23. The maximum Gasteiger partial charge on any atom is 0.0786 e. The first kappa shape index (κ1) is 16.4. The molecular weight excluding hydrogens is 352 g/mol. The van der Waals surface area contributed by atoms with E-state index in [9.17, 15) is 0 Å². The van der Waals surface area contributed by atoms with Crippen molar-refractivity contribution in [3.63, 3.8) is 0 Å². The third-order valence-corrected chi connectivity index (χ3v) is 6.35. The first-order valence-corrected chi connectivity index (χ1v) is 10.0. The van der Waals surface area contributed by atoms with Crippen LogP contribution in [0.1, 0.15) is 25.0 Å². The van der Waals surface area contributed by atoms with Crippen LogP contribution in [0.25, 0.3) is 43.9 Å². The van der Waals surface area contributed by atoms with Crippen LogP contribution in [0.15, 0.2) is 85.3 Å². The first-order valence-electron chi connectivity index (χ1n) is 10.0. The van der Waals surface area contributed by atoms with Crippen molar-refractivity contribution in [1.29, 1.82) is 0 Å². The highest BCUT2D eigenvalue weighted by Crippen LogP contribution is 2.49. The molecule has 2 nitrogen and oxygen atoms in total. The maximum absolute atomic E-state index is 4.83. The number of hydrogen-bond donors (Lipinski definition) is 0. The number of benzene rings is 3. The highest BCUT2D eigenvalue weighted by molar-refractivity contribution is 6.05. The number of aromatic nitrogens is 2. The lowest BCUT2D eigenvalue weighted by Gasteiger charge is -2.35. The van der Waals surface area contributed by atoms with Crippen molar-refractivity contribution >= 4 is 21.5 Å². The van der Waals surface area contributed by atoms with E-state index >= 15 is 0 Å². The molecule has 0 N–H and O–H groups in total. The van der Waals surface area contributed by atoms with Gasteiger partial charge in [0.2, 0.25) is 0 Å². The number of fused-ring (bicyclic) bond motifs is 3. The first-order chi connectivity index (χ1) is 14.1. The van der Waals surface area contributed by atoms with Crippen molar-refractivity contribution in [2.75, 3.05) is 0 Å². The summed E-state index contributed by atoms with van der Waals surface area (Å²) in [6, 6.07) is 24.1. The van der Waals surface area contributed by atoms with E-state index < -0.39 is 0 Å². The molecule has 2 heteroatoms. The molecule has 5 aromatic rings. The molecule has 0 aliphatic heterocycles. The van der Waals surface area contributed by atoms with Gasteiger partial charge in [-0.25, -0.2) is 0 Å². The molecule has 29 heavy (non-hydrogen) atoms. The maximum atomic E-state index is 4.83. The summed E-state index contributed by atoms with van der Waals surface area (Å²) in [6.45, 7) is 4.66. The van der Waals surface area contributed by atoms with Gasteiger partial charge in [-0.05, 0) is 69.4 Å². The second kappa shape index (κ2) is 5.74. The summed E-state index contributed by atoms with van der Waals surface area (Å²) >= 11 is 0. The molecule has 0 bridgehead atoms. The van der Waals surface area contributed by atoms with Crippen LogP contribution in [-0.4, -0.2) is 9.97 Å². The molecule has 0 unspecified atom stereocenters. The molecule has 0 saturated heterocycles. The standard InChI is InChI=1S/C27H20N2/c1-27(2)23-14-18-8-10-28-16-21(18)13-22(23)26-25-19(9-11-29-26)12-20(15-24(25)27)17-6-4-3-5-7-17/h3-16H,1-2H3. The van der Waals surface area contributed by atoms with E-state index in [0.29, 0.717) is 0 Å². The minimum atomic E-state index is -0.119. The van der Waals surface area contributed by atoms with E-state index in [1.165, 1.54) is 44.0 Å². The Kier molecular flexibility index (Phi) is 3.25. The fourth-order valence-electron chi connectivity index (χ4n) is 4.81.